The van der Waals surface area contributed by atoms with Crippen molar-refractivity contribution in [1.82, 2.24) is 0 Å². The van der Waals surface area contributed by atoms with Gasteiger partial charge in [-0.1, -0.05) is 24.3 Å². The average molecular weight is 265 g/mol. The van der Waals surface area contributed by atoms with Crippen molar-refractivity contribution in [2.45, 2.75) is 38.8 Å². The lowest BCUT2D eigenvalue weighted by atomic mass is 9.98. The van der Waals surface area contributed by atoms with E-state index in [9.17, 15) is 9.59 Å². The van der Waals surface area contributed by atoms with Gasteiger partial charge in [0.2, 0.25) is 0 Å². The predicted octanol–water partition coefficient (Wildman–Crippen LogP) is 1.66. The molecule has 0 heterocycles. The van der Waals surface area contributed by atoms with Crippen LogP contribution in [0.5, 0.6) is 0 Å². The molecule has 0 aliphatic carbocycles. The zero-order valence-electron chi connectivity index (χ0n) is 11.3. The number of carbonyl (C=O) groups is 2. The average Bonchev–Trinajstić information content (AvgIpc) is 2.25. The van der Waals surface area contributed by atoms with Crippen molar-refractivity contribution in [1.29, 1.82) is 0 Å². The summed E-state index contributed by atoms with van der Waals surface area (Å²) in [6.45, 7) is 5.25. The van der Waals surface area contributed by atoms with E-state index in [2.05, 4.69) is 0 Å². The number of esters is 1. The van der Waals surface area contributed by atoms with Crippen LogP contribution in [0, 0.1) is 0 Å². The molecule has 0 radical (unpaired) electrons. The summed E-state index contributed by atoms with van der Waals surface area (Å²) in [4.78, 5) is 22.7. The molecule has 0 aliphatic heterocycles. The highest BCUT2D eigenvalue weighted by atomic mass is 16.6. The van der Waals surface area contributed by atoms with Gasteiger partial charge >= 0.3 is 11.9 Å². The zero-order chi connectivity index (χ0) is 14.6. The van der Waals surface area contributed by atoms with Crippen LogP contribution in [-0.2, 0) is 20.7 Å². The maximum atomic E-state index is 11.9. The highest BCUT2D eigenvalue weighted by molar-refractivity contribution is 5.79. The van der Waals surface area contributed by atoms with Gasteiger partial charge in [0.05, 0.1) is 6.42 Å². The molecule has 0 saturated carbocycles. The highest BCUT2D eigenvalue weighted by Gasteiger charge is 2.25. The Morgan fingerprint density at radius 3 is 2.42 bits per heavy atom. The molecule has 1 aromatic carbocycles. The molecule has 5 nitrogen and oxygen atoms in total. The first-order chi connectivity index (χ1) is 8.70. The Morgan fingerprint density at radius 2 is 1.89 bits per heavy atom. The van der Waals surface area contributed by atoms with Gasteiger partial charge in [-0.15, -0.1) is 0 Å². The Kier molecular flexibility index (Phi) is 4.67. The van der Waals surface area contributed by atoms with E-state index in [4.69, 9.17) is 15.6 Å². The van der Waals surface area contributed by atoms with Crippen molar-refractivity contribution in [3.05, 3.63) is 35.4 Å². The first-order valence-electron chi connectivity index (χ1n) is 5.99. The van der Waals surface area contributed by atoms with Crippen molar-refractivity contribution in [3.8, 4) is 0 Å². The van der Waals surface area contributed by atoms with E-state index < -0.39 is 23.6 Å². The Hall–Kier alpha value is -1.88. The molecule has 5 heteroatoms. The van der Waals surface area contributed by atoms with Gasteiger partial charge in [0.15, 0.2) is 0 Å². The Bertz CT molecular complexity index is 477. The molecule has 0 bridgehead atoms. The largest absolute Gasteiger partial charge is 0.481 e. The second-order valence-corrected chi connectivity index (χ2v) is 5.28. The van der Waals surface area contributed by atoms with Crippen molar-refractivity contribution >= 4 is 11.9 Å². The molecule has 0 aliphatic rings. The third kappa shape index (κ3) is 4.71. The minimum atomic E-state index is -0.977. The summed E-state index contributed by atoms with van der Waals surface area (Å²) in [5.74, 6) is -1.53. The molecule has 19 heavy (non-hydrogen) atoms. The van der Waals surface area contributed by atoms with Crippen LogP contribution in [0.15, 0.2) is 24.3 Å². The van der Waals surface area contributed by atoms with Crippen LogP contribution >= 0.6 is 0 Å². The van der Waals surface area contributed by atoms with Gasteiger partial charge in [-0.2, -0.15) is 0 Å². The molecular weight excluding hydrogens is 246 g/mol. The minimum Gasteiger partial charge on any atom is -0.481 e. The molecule has 104 valence electrons. The number of carboxylic acids is 1. The SMILES string of the molecule is CC(C)(C)OC(=O)C(N)c1ccccc1CC(=O)O. The second-order valence-electron chi connectivity index (χ2n) is 5.28. The Morgan fingerprint density at radius 1 is 1.32 bits per heavy atom. The number of aliphatic carboxylic acids is 1. The van der Waals surface area contributed by atoms with Crippen LogP contribution in [-0.4, -0.2) is 22.6 Å². The van der Waals surface area contributed by atoms with E-state index in [1.165, 1.54) is 0 Å². The monoisotopic (exact) mass is 265 g/mol. The molecule has 1 unspecified atom stereocenters. The minimum absolute atomic E-state index is 0.174. The van der Waals surface area contributed by atoms with Crippen LogP contribution in [0.1, 0.15) is 37.9 Å². The smallest absolute Gasteiger partial charge is 0.328 e. The summed E-state index contributed by atoms with van der Waals surface area (Å²) < 4.78 is 5.20. The van der Waals surface area contributed by atoms with Gasteiger partial charge in [0.1, 0.15) is 11.6 Å². The fraction of sp³-hybridized carbons (Fsp3) is 0.429. The van der Waals surface area contributed by atoms with Gasteiger partial charge < -0.3 is 15.6 Å². The molecule has 1 aromatic rings. The summed E-state index contributed by atoms with van der Waals surface area (Å²) in [7, 11) is 0. The van der Waals surface area contributed by atoms with E-state index >= 15 is 0 Å². The van der Waals surface area contributed by atoms with E-state index in [-0.39, 0.29) is 6.42 Å². The molecule has 1 rings (SSSR count). The summed E-state index contributed by atoms with van der Waals surface area (Å²) in [5, 5.41) is 8.84. The van der Waals surface area contributed by atoms with Crippen LogP contribution in [0.4, 0.5) is 0 Å². The van der Waals surface area contributed by atoms with Crippen LogP contribution in [0.25, 0.3) is 0 Å². The van der Waals surface area contributed by atoms with E-state index in [1.54, 1.807) is 45.0 Å². The molecular formula is C14H19NO4. The van der Waals surface area contributed by atoms with Crippen LogP contribution < -0.4 is 5.73 Å². The molecule has 0 amide bonds. The first-order valence-corrected chi connectivity index (χ1v) is 5.99. The van der Waals surface area contributed by atoms with Gasteiger partial charge in [-0.25, -0.2) is 4.79 Å². The third-order valence-corrected chi connectivity index (χ3v) is 2.39. The molecule has 0 aromatic heterocycles. The number of carboxylic acid groups (broad SMARTS) is 1. The maximum absolute atomic E-state index is 11.9. The van der Waals surface area contributed by atoms with Crippen molar-refractivity contribution < 1.29 is 19.4 Å². The van der Waals surface area contributed by atoms with Gasteiger partial charge in [-0.3, -0.25) is 4.79 Å². The summed E-state index contributed by atoms with van der Waals surface area (Å²) in [5.41, 5.74) is 6.23. The molecule has 0 spiro atoms. The summed E-state index contributed by atoms with van der Waals surface area (Å²) >= 11 is 0. The zero-order valence-corrected chi connectivity index (χ0v) is 11.3. The number of nitrogens with two attached hydrogens (primary N) is 1. The lowest BCUT2D eigenvalue weighted by molar-refractivity contribution is -0.156. The normalized spacial score (nSPS) is 12.8. The Labute approximate surface area is 112 Å². The summed E-state index contributed by atoms with van der Waals surface area (Å²) in [6.07, 6.45) is -0.174. The molecule has 0 saturated heterocycles. The number of benzene rings is 1. The highest BCUT2D eigenvalue weighted by Crippen LogP contribution is 2.20. The molecule has 0 fully saturated rings. The van der Waals surface area contributed by atoms with Crippen LogP contribution in [0.2, 0.25) is 0 Å². The fourth-order valence-corrected chi connectivity index (χ4v) is 1.65. The maximum Gasteiger partial charge on any atom is 0.328 e. The van der Waals surface area contributed by atoms with E-state index in [0.29, 0.717) is 11.1 Å². The predicted molar refractivity (Wildman–Crippen MR) is 70.6 cm³/mol. The molecule has 3 N–H and O–H groups in total. The second kappa shape index (κ2) is 5.84. The number of ether oxygens (including phenoxy) is 1. The lowest BCUT2D eigenvalue weighted by Crippen LogP contribution is -2.32. The van der Waals surface area contributed by atoms with E-state index in [1.807, 2.05) is 0 Å². The standard InChI is InChI=1S/C14H19NO4/c1-14(2,3)19-13(18)12(15)10-7-5-4-6-9(10)8-11(16)17/h4-7,12H,8,15H2,1-3H3,(H,16,17). The van der Waals surface area contributed by atoms with Gasteiger partial charge in [-0.05, 0) is 31.9 Å². The van der Waals surface area contributed by atoms with Crippen molar-refractivity contribution in [3.63, 3.8) is 0 Å². The van der Waals surface area contributed by atoms with Gasteiger partial charge in [0.25, 0.3) is 0 Å². The first kappa shape index (κ1) is 15.2. The number of carbonyl (C=O) groups excluding carboxylic acids is 1. The molecule has 1 atom stereocenters. The Balaban J connectivity index is 2.96. The summed E-state index contributed by atoms with van der Waals surface area (Å²) in [6, 6.07) is 5.74. The van der Waals surface area contributed by atoms with Gasteiger partial charge in [0, 0.05) is 0 Å². The number of hydrogen-bond donors (Lipinski definition) is 2. The van der Waals surface area contributed by atoms with E-state index in [0.717, 1.165) is 0 Å². The lowest BCUT2D eigenvalue weighted by Gasteiger charge is -2.23. The number of hydrogen-bond acceptors (Lipinski definition) is 4. The number of rotatable bonds is 4. The van der Waals surface area contributed by atoms with Crippen molar-refractivity contribution in [2.24, 2.45) is 5.73 Å². The quantitative estimate of drug-likeness (QED) is 0.808. The fourth-order valence-electron chi connectivity index (χ4n) is 1.65. The third-order valence-electron chi connectivity index (χ3n) is 2.39. The topological polar surface area (TPSA) is 89.6 Å². The van der Waals surface area contributed by atoms with Crippen molar-refractivity contribution in [2.75, 3.05) is 0 Å². The van der Waals surface area contributed by atoms with Crippen LogP contribution in [0.3, 0.4) is 0 Å².